The van der Waals surface area contributed by atoms with E-state index in [0.29, 0.717) is 5.56 Å². The van der Waals surface area contributed by atoms with Gasteiger partial charge in [0.05, 0.1) is 27.7 Å². The van der Waals surface area contributed by atoms with Gasteiger partial charge in [-0.3, -0.25) is 4.79 Å². The second-order valence-corrected chi connectivity index (χ2v) is 8.34. The number of rotatable bonds is 4. The van der Waals surface area contributed by atoms with Gasteiger partial charge in [0, 0.05) is 23.5 Å². The van der Waals surface area contributed by atoms with Crippen LogP contribution in [0.3, 0.4) is 0 Å². The second kappa shape index (κ2) is 9.22. The average molecular weight is 442 g/mol. The van der Waals surface area contributed by atoms with Crippen LogP contribution in [0.15, 0.2) is 24.4 Å². The average Bonchev–Trinajstić information content (AvgIpc) is 3.33. The number of nitrogens with one attached hydrogen (secondary N) is 2. The molecule has 0 aromatic carbocycles. The lowest BCUT2D eigenvalue weighted by Crippen LogP contribution is -2.36. The molecule has 1 aliphatic heterocycles. The maximum Gasteiger partial charge on any atom is 0.252 e. The summed E-state index contributed by atoms with van der Waals surface area (Å²) in [6.07, 6.45) is 2.72. The fraction of sp³-hybridized carbons (Fsp3) is 0.421. The standard InChI is InChI=1S/C19H23N5OS.2ClH/c1-11(2)24-18-15(10-21-24)14(19(25)22-13-6-7-20-9-13)8-16(23-18)17-5-4-12(3)26-17;;/h4-5,8,10-11,13,20H,6-7,9H2,1-3H3,(H,22,25);2*1H. The lowest BCUT2D eigenvalue weighted by Gasteiger charge is -2.13. The van der Waals surface area contributed by atoms with Crippen molar-refractivity contribution < 1.29 is 4.79 Å². The number of carbonyl (C=O) groups excluding carboxylic acids is 1. The summed E-state index contributed by atoms with van der Waals surface area (Å²) in [5, 5.41) is 11.7. The van der Waals surface area contributed by atoms with Crippen molar-refractivity contribution in [2.24, 2.45) is 0 Å². The van der Waals surface area contributed by atoms with Gasteiger partial charge in [-0.2, -0.15) is 5.10 Å². The molecule has 0 radical (unpaired) electrons. The van der Waals surface area contributed by atoms with E-state index >= 15 is 0 Å². The van der Waals surface area contributed by atoms with E-state index < -0.39 is 0 Å². The first-order valence-electron chi connectivity index (χ1n) is 8.99. The normalized spacial score (nSPS) is 16.1. The number of aromatic nitrogens is 3. The number of halogens is 2. The molecule has 0 bridgehead atoms. The summed E-state index contributed by atoms with van der Waals surface area (Å²) in [4.78, 5) is 20.1. The van der Waals surface area contributed by atoms with E-state index in [9.17, 15) is 4.79 Å². The number of carbonyl (C=O) groups is 1. The van der Waals surface area contributed by atoms with Gasteiger partial charge in [-0.15, -0.1) is 36.2 Å². The third-order valence-corrected chi connectivity index (χ3v) is 5.71. The van der Waals surface area contributed by atoms with Crippen LogP contribution in [0.4, 0.5) is 0 Å². The van der Waals surface area contributed by atoms with E-state index in [1.165, 1.54) is 4.88 Å². The molecule has 0 spiro atoms. The minimum Gasteiger partial charge on any atom is -0.348 e. The molecule has 1 atom stereocenters. The van der Waals surface area contributed by atoms with Crippen molar-refractivity contribution in [1.82, 2.24) is 25.4 Å². The number of hydrogen-bond donors (Lipinski definition) is 2. The molecule has 1 unspecified atom stereocenters. The molecule has 3 aromatic rings. The topological polar surface area (TPSA) is 71.8 Å². The summed E-state index contributed by atoms with van der Waals surface area (Å²) in [6, 6.07) is 6.40. The van der Waals surface area contributed by atoms with Gasteiger partial charge in [-0.1, -0.05) is 0 Å². The van der Waals surface area contributed by atoms with Crippen LogP contribution in [-0.4, -0.2) is 39.8 Å². The van der Waals surface area contributed by atoms with E-state index in [1.54, 1.807) is 17.5 Å². The van der Waals surface area contributed by atoms with Gasteiger partial charge in [0.25, 0.3) is 5.91 Å². The number of fused-ring (bicyclic) bond motifs is 1. The van der Waals surface area contributed by atoms with Crippen molar-refractivity contribution in [2.75, 3.05) is 13.1 Å². The largest absolute Gasteiger partial charge is 0.348 e. The molecule has 1 fully saturated rings. The second-order valence-electron chi connectivity index (χ2n) is 7.05. The molecule has 152 valence electrons. The molecule has 3 aromatic heterocycles. The molecule has 1 aliphatic rings. The Balaban J connectivity index is 0.00000140. The Kier molecular flexibility index (Phi) is 7.45. The molecular weight excluding hydrogens is 417 g/mol. The Morgan fingerprint density at radius 3 is 2.75 bits per heavy atom. The van der Waals surface area contributed by atoms with E-state index in [0.717, 1.165) is 41.1 Å². The van der Waals surface area contributed by atoms with Gasteiger partial charge in [0.15, 0.2) is 5.65 Å². The first-order valence-corrected chi connectivity index (χ1v) is 9.81. The monoisotopic (exact) mass is 441 g/mol. The minimum atomic E-state index is -0.0519. The first kappa shape index (κ1) is 22.6. The molecule has 2 N–H and O–H groups in total. The van der Waals surface area contributed by atoms with Crippen LogP contribution in [-0.2, 0) is 0 Å². The van der Waals surface area contributed by atoms with Crippen LogP contribution in [0.2, 0.25) is 0 Å². The number of aryl methyl sites for hydroxylation is 1. The molecule has 4 rings (SSSR count). The van der Waals surface area contributed by atoms with E-state index in [-0.39, 0.29) is 42.8 Å². The summed E-state index contributed by atoms with van der Waals surface area (Å²) < 4.78 is 1.88. The van der Waals surface area contributed by atoms with Gasteiger partial charge in [0.1, 0.15) is 0 Å². The van der Waals surface area contributed by atoms with Crippen molar-refractivity contribution in [3.8, 4) is 10.6 Å². The predicted molar refractivity (Wildman–Crippen MR) is 119 cm³/mol. The van der Waals surface area contributed by atoms with E-state index in [2.05, 4.69) is 48.6 Å². The number of amides is 1. The maximum atomic E-state index is 13.0. The lowest BCUT2D eigenvalue weighted by atomic mass is 10.1. The van der Waals surface area contributed by atoms with Crippen molar-refractivity contribution in [3.63, 3.8) is 0 Å². The van der Waals surface area contributed by atoms with Gasteiger partial charge < -0.3 is 10.6 Å². The van der Waals surface area contributed by atoms with Gasteiger partial charge in [-0.05, 0) is 51.9 Å². The van der Waals surface area contributed by atoms with Crippen LogP contribution < -0.4 is 10.6 Å². The number of nitrogens with zero attached hydrogens (tertiary/aromatic N) is 3. The Bertz CT molecular complexity index is 963. The van der Waals surface area contributed by atoms with Crippen LogP contribution in [0.5, 0.6) is 0 Å². The third kappa shape index (κ3) is 4.33. The Morgan fingerprint density at radius 2 is 2.14 bits per heavy atom. The third-order valence-electron chi connectivity index (χ3n) is 4.69. The quantitative estimate of drug-likeness (QED) is 0.641. The van der Waals surface area contributed by atoms with Crippen molar-refractivity contribution in [3.05, 3.63) is 34.8 Å². The number of hydrogen-bond acceptors (Lipinski definition) is 5. The fourth-order valence-corrected chi connectivity index (χ4v) is 4.15. The lowest BCUT2D eigenvalue weighted by molar-refractivity contribution is 0.0941. The van der Waals surface area contributed by atoms with Crippen LogP contribution >= 0.6 is 36.2 Å². The molecule has 1 saturated heterocycles. The minimum absolute atomic E-state index is 0. The molecular formula is C19H25Cl2N5OS. The molecule has 0 saturated carbocycles. The summed E-state index contributed by atoms with van der Waals surface area (Å²) in [5.41, 5.74) is 2.24. The summed E-state index contributed by atoms with van der Waals surface area (Å²) in [6.45, 7) is 7.98. The number of pyridine rings is 1. The fourth-order valence-electron chi connectivity index (χ4n) is 3.32. The molecule has 28 heavy (non-hydrogen) atoms. The first-order chi connectivity index (χ1) is 12.5. The summed E-state index contributed by atoms with van der Waals surface area (Å²) >= 11 is 1.69. The number of thiophene rings is 1. The Morgan fingerprint density at radius 1 is 1.36 bits per heavy atom. The van der Waals surface area contributed by atoms with Crippen molar-refractivity contribution >= 4 is 53.1 Å². The zero-order chi connectivity index (χ0) is 18.3. The van der Waals surface area contributed by atoms with Crippen LogP contribution in [0.1, 0.15) is 41.5 Å². The van der Waals surface area contributed by atoms with E-state index in [1.807, 2.05) is 10.7 Å². The highest BCUT2D eigenvalue weighted by Gasteiger charge is 2.22. The van der Waals surface area contributed by atoms with Crippen molar-refractivity contribution in [2.45, 2.75) is 39.3 Å². The highest BCUT2D eigenvalue weighted by molar-refractivity contribution is 7.15. The highest BCUT2D eigenvalue weighted by atomic mass is 35.5. The zero-order valence-corrected chi connectivity index (χ0v) is 18.5. The van der Waals surface area contributed by atoms with E-state index in [4.69, 9.17) is 4.98 Å². The SMILES string of the molecule is Cc1ccc(-c2cc(C(=O)NC3CCNC3)c3cnn(C(C)C)c3n2)s1.Cl.Cl. The van der Waals surface area contributed by atoms with Crippen LogP contribution in [0, 0.1) is 6.92 Å². The van der Waals surface area contributed by atoms with Crippen LogP contribution in [0.25, 0.3) is 21.6 Å². The molecule has 9 heteroatoms. The Labute approximate surface area is 180 Å². The summed E-state index contributed by atoms with van der Waals surface area (Å²) in [7, 11) is 0. The van der Waals surface area contributed by atoms with Crippen molar-refractivity contribution in [1.29, 1.82) is 0 Å². The van der Waals surface area contributed by atoms with Gasteiger partial charge >= 0.3 is 0 Å². The zero-order valence-electron chi connectivity index (χ0n) is 16.1. The maximum absolute atomic E-state index is 13.0. The predicted octanol–water partition coefficient (Wildman–Crippen LogP) is 3.98. The smallest absolute Gasteiger partial charge is 0.252 e. The molecule has 6 nitrogen and oxygen atoms in total. The molecule has 0 aliphatic carbocycles. The summed E-state index contributed by atoms with van der Waals surface area (Å²) in [5.74, 6) is -0.0519. The highest BCUT2D eigenvalue weighted by Crippen LogP contribution is 2.30. The van der Waals surface area contributed by atoms with Gasteiger partial charge in [0.2, 0.25) is 0 Å². The molecule has 1 amide bonds. The van der Waals surface area contributed by atoms with Gasteiger partial charge in [-0.25, -0.2) is 9.67 Å². The Hall–Kier alpha value is -1.67. The molecule has 4 heterocycles.